The van der Waals surface area contributed by atoms with Crippen LogP contribution in [-0.2, 0) is 16.0 Å². The van der Waals surface area contributed by atoms with Crippen molar-refractivity contribution in [3.05, 3.63) is 87.3 Å². The molecule has 8 heteroatoms. The number of carbonyl (C=O) groups is 3. The van der Waals surface area contributed by atoms with Crippen LogP contribution in [0.25, 0.3) is 6.08 Å². The zero-order valence-electron chi connectivity index (χ0n) is 18.3. The molecule has 2 heterocycles. The van der Waals surface area contributed by atoms with Gasteiger partial charge in [0.2, 0.25) is 5.91 Å². The SMILES string of the molecule is CC(C)c1ccc(Cc2cnc(NC(=O)CN3C(=O)S/C(=C\c4ccccc4)C3=O)s2)cc1. The third kappa shape index (κ3) is 5.77. The van der Waals surface area contributed by atoms with E-state index in [0.717, 1.165) is 33.5 Å². The smallest absolute Gasteiger partial charge is 0.294 e. The van der Waals surface area contributed by atoms with E-state index in [1.54, 1.807) is 12.3 Å². The molecule has 2 aromatic carbocycles. The van der Waals surface area contributed by atoms with Gasteiger partial charge in [0.25, 0.3) is 11.1 Å². The number of hydrogen-bond acceptors (Lipinski definition) is 6. The van der Waals surface area contributed by atoms with Gasteiger partial charge in [-0.2, -0.15) is 0 Å². The molecule has 3 aromatic rings. The van der Waals surface area contributed by atoms with Crippen molar-refractivity contribution in [1.29, 1.82) is 0 Å². The molecule has 0 spiro atoms. The Morgan fingerprint density at radius 2 is 1.82 bits per heavy atom. The summed E-state index contributed by atoms with van der Waals surface area (Å²) in [6.45, 7) is 3.98. The van der Waals surface area contributed by atoms with Crippen LogP contribution in [0.5, 0.6) is 0 Å². The Kier molecular flexibility index (Phi) is 7.05. The number of aromatic nitrogens is 1. The van der Waals surface area contributed by atoms with Gasteiger partial charge >= 0.3 is 0 Å². The third-order valence-corrected chi connectivity index (χ3v) is 6.92. The van der Waals surface area contributed by atoms with E-state index >= 15 is 0 Å². The second kappa shape index (κ2) is 10.1. The lowest BCUT2D eigenvalue weighted by atomic mass is 10.0. The molecule has 1 N–H and O–H groups in total. The zero-order valence-corrected chi connectivity index (χ0v) is 19.9. The molecule has 0 bridgehead atoms. The molecular weight excluding hydrogens is 454 g/mol. The van der Waals surface area contributed by atoms with Gasteiger partial charge in [-0.3, -0.25) is 19.3 Å². The lowest BCUT2D eigenvalue weighted by Crippen LogP contribution is -2.36. The molecule has 0 radical (unpaired) electrons. The predicted octanol–water partition coefficient (Wildman–Crippen LogP) is 5.53. The van der Waals surface area contributed by atoms with Crippen LogP contribution in [-0.4, -0.2) is 33.5 Å². The van der Waals surface area contributed by atoms with Crippen molar-refractivity contribution in [1.82, 2.24) is 9.88 Å². The summed E-state index contributed by atoms with van der Waals surface area (Å²) in [6, 6.07) is 17.8. The number of carbonyl (C=O) groups excluding carboxylic acids is 3. The molecule has 1 aromatic heterocycles. The number of amides is 3. The van der Waals surface area contributed by atoms with Crippen molar-refractivity contribution >= 4 is 51.4 Å². The molecule has 0 unspecified atom stereocenters. The maximum atomic E-state index is 12.6. The van der Waals surface area contributed by atoms with Gasteiger partial charge in [0.05, 0.1) is 4.91 Å². The summed E-state index contributed by atoms with van der Waals surface area (Å²) in [5.41, 5.74) is 3.28. The number of hydrogen-bond donors (Lipinski definition) is 1. The van der Waals surface area contributed by atoms with Crippen molar-refractivity contribution in [2.75, 3.05) is 11.9 Å². The Morgan fingerprint density at radius 3 is 2.52 bits per heavy atom. The van der Waals surface area contributed by atoms with Crippen LogP contribution in [0.2, 0.25) is 0 Å². The van der Waals surface area contributed by atoms with E-state index in [9.17, 15) is 14.4 Å². The molecule has 1 saturated heterocycles. The Morgan fingerprint density at radius 1 is 1.09 bits per heavy atom. The fourth-order valence-electron chi connectivity index (χ4n) is 3.31. The minimum atomic E-state index is -0.464. The normalized spacial score (nSPS) is 15.0. The number of nitrogens with one attached hydrogen (secondary N) is 1. The van der Waals surface area contributed by atoms with Crippen molar-refractivity contribution in [3.63, 3.8) is 0 Å². The fourth-order valence-corrected chi connectivity index (χ4v) is 5.01. The minimum Gasteiger partial charge on any atom is -0.300 e. The molecular formula is C25H23N3O3S2. The van der Waals surface area contributed by atoms with Crippen molar-refractivity contribution in [3.8, 4) is 0 Å². The third-order valence-electron chi connectivity index (χ3n) is 5.10. The van der Waals surface area contributed by atoms with E-state index in [1.807, 2.05) is 30.3 Å². The van der Waals surface area contributed by atoms with E-state index in [2.05, 4.69) is 48.4 Å². The molecule has 1 aliphatic rings. The maximum Gasteiger partial charge on any atom is 0.294 e. The second-order valence-corrected chi connectivity index (χ2v) is 10.0. The number of thioether (sulfide) groups is 1. The topological polar surface area (TPSA) is 79.4 Å². The summed E-state index contributed by atoms with van der Waals surface area (Å²) in [7, 11) is 0. The zero-order chi connectivity index (χ0) is 23.4. The highest BCUT2D eigenvalue weighted by molar-refractivity contribution is 8.18. The fraction of sp³-hybridized carbons (Fsp3) is 0.200. The van der Waals surface area contributed by atoms with Gasteiger partial charge in [0.15, 0.2) is 5.13 Å². The van der Waals surface area contributed by atoms with E-state index < -0.39 is 17.1 Å². The number of nitrogens with zero attached hydrogens (tertiary/aromatic N) is 2. The molecule has 6 nitrogen and oxygen atoms in total. The number of benzene rings is 2. The number of rotatable bonds is 7. The molecule has 1 aliphatic heterocycles. The number of imide groups is 1. The summed E-state index contributed by atoms with van der Waals surface area (Å²) in [5, 5.41) is 2.69. The summed E-state index contributed by atoms with van der Waals surface area (Å²) < 4.78 is 0. The lowest BCUT2D eigenvalue weighted by molar-refractivity contribution is -0.127. The minimum absolute atomic E-state index is 0.305. The van der Waals surface area contributed by atoms with Gasteiger partial charge in [-0.15, -0.1) is 11.3 Å². The number of anilines is 1. The van der Waals surface area contributed by atoms with Gasteiger partial charge in [-0.1, -0.05) is 68.4 Å². The van der Waals surface area contributed by atoms with Crippen LogP contribution >= 0.6 is 23.1 Å². The summed E-state index contributed by atoms with van der Waals surface area (Å²) in [6.07, 6.45) is 4.11. The van der Waals surface area contributed by atoms with Gasteiger partial charge in [0.1, 0.15) is 6.54 Å². The van der Waals surface area contributed by atoms with Crippen molar-refractivity contribution in [2.24, 2.45) is 0 Å². The monoisotopic (exact) mass is 477 g/mol. The van der Waals surface area contributed by atoms with Gasteiger partial charge in [-0.05, 0) is 40.4 Å². The molecule has 33 heavy (non-hydrogen) atoms. The second-order valence-electron chi connectivity index (χ2n) is 7.93. The Bertz CT molecular complexity index is 1200. The first kappa shape index (κ1) is 22.9. The summed E-state index contributed by atoms with van der Waals surface area (Å²) in [4.78, 5) is 43.9. The Labute approximate surface area is 200 Å². The first-order chi connectivity index (χ1) is 15.9. The first-order valence-electron chi connectivity index (χ1n) is 10.5. The van der Waals surface area contributed by atoms with Crippen LogP contribution in [0, 0.1) is 0 Å². The van der Waals surface area contributed by atoms with E-state index in [-0.39, 0.29) is 6.54 Å². The molecule has 0 atom stereocenters. The average molecular weight is 478 g/mol. The van der Waals surface area contributed by atoms with Crippen LogP contribution in [0.15, 0.2) is 65.7 Å². The molecule has 168 valence electrons. The van der Waals surface area contributed by atoms with E-state index in [4.69, 9.17) is 0 Å². The lowest BCUT2D eigenvalue weighted by Gasteiger charge is -2.11. The standard InChI is InChI=1S/C25H23N3O3S2/c1-16(2)19-10-8-18(9-11-19)12-20-14-26-24(32-20)27-22(29)15-28-23(30)21(33-25(28)31)13-17-6-4-3-5-7-17/h3-11,13-14,16H,12,15H2,1-2H3,(H,26,27,29)/b21-13-. The summed E-state index contributed by atoms with van der Waals surface area (Å²) in [5.74, 6) is -0.434. The Hall–Kier alpha value is -3.23. The largest absolute Gasteiger partial charge is 0.300 e. The van der Waals surface area contributed by atoms with Crippen molar-refractivity contribution < 1.29 is 14.4 Å². The average Bonchev–Trinajstić information content (AvgIpc) is 3.33. The van der Waals surface area contributed by atoms with Gasteiger partial charge < -0.3 is 5.32 Å². The highest BCUT2D eigenvalue weighted by Crippen LogP contribution is 2.32. The van der Waals surface area contributed by atoms with Crippen LogP contribution < -0.4 is 5.32 Å². The number of thiazole rings is 1. The first-order valence-corrected chi connectivity index (χ1v) is 12.2. The van der Waals surface area contributed by atoms with Crippen LogP contribution in [0.4, 0.5) is 9.93 Å². The quantitative estimate of drug-likeness (QED) is 0.453. The van der Waals surface area contributed by atoms with Crippen molar-refractivity contribution in [2.45, 2.75) is 26.2 Å². The molecule has 0 saturated carbocycles. The highest BCUT2D eigenvalue weighted by atomic mass is 32.2. The van der Waals surface area contributed by atoms with E-state index in [0.29, 0.717) is 16.0 Å². The van der Waals surface area contributed by atoms with Crippen LogP contribution in [0.1, 0.15) is 41.3 Å². The maximum absolute atomic E-state index is 12.6. The Balaban J connectivity index is 1.34. The summed E-state index contributed by atoms with van der Waals surface area (Å²) >= 11 is 2.22. The predicted molar refractivity (Wildman–Crippen MR) is 133 cm³/mol. The molecule has 1 fully saturated rings. The highest BCUT2D eigenvalue weighted by Gasteiger charge is 2.36. The van der Waals surface area contributed by atoms with Gasteiger partial charge in [0, 0.05) is 17.5 Å². The van der Waals surface area contributed by atoms with Crippen LogP contribution in [0.3, 0.4) is 0 Å². The molecule has 4 rings (SSSR count). The molecule has 3 amide bonds. The van der Waals surface area contributed by atoms with E-state index in [1.165, 1.54) is 22.5 Å². The molecule has 0 aliphatic carbocycles. The van der Waals surface area contributed by atoms with Gasteiger partial charge in [-0.25, -0.2) is 4.98 Å².